The third-order valence-electron chi connectivity index (χ3n) is 5.60. The maximum Gasteiger partial charge on any atom is 0.338 e. The van der Waals surface area contributed by atoms with Crippen LogP contribution in [0.5, 0.6) is 5.75 Å². The lowest BCUT2D eigenvalue weighted by Gasteiger charge is -2.24. The molecule has 0 spiro atoms. The zero-order chi connectivity index (χ0) is 24.9. The van der Waals surface area contributed by atoms with Crippen LogP contribution in [0.25, 0.3) is 6.08 Å². The Kier molecular flexibility index (Phi) is 7.93. The summed E-state index contributed by atoms with van der Waals surface area (Å²) in [4.78, 5) is 32.9. The van der Waals surface area contributed by atoms with E-state index in [-0.39, 0.29) is 12.2 Å². The van der Waals surface area contributed by atoms with E-state index in [2.05, 4.69) is 11.9 Å². The number of allylic oxidation sites excluding steroid dienone is 1. The highest BCUT2D eigenvalue weighted by atomic mass is 32.2. The highest BCUT2D eigenvalue weighted by molar-refractivity contribution is 7.98. The SMILES string of the molecule is CCCOc1ccc(/C=c2\sc3n(c2=O)C(c2ccc(SC)cc2)C(C(=O)OCC)=C(C)N=3)cc1. The van der Waals surface area contributed by atoms with Crippen LogP contribution in [0.2, 0.25) is 0 Å². The molecular formula is C27H28N2O4S2. The quantitative estimate of drug-likeness (QED) is 0.335. The smallest absolute Gasteiger partial charge is 0.338 e. The summed E-state index contributed by atoms with van der Waals surface area (Å²) < 4.78 is 13.2. The van der Waals surface area contributed by atoms with Gasteiger partial charge in [-0.15, -0.1) is 11.8 Å². The summed E-state index contributed by atoms with van der Waals surface area (Å²) in [7, 11) is 0. The summed E-state index contributed by atoms with van der Waals surface area (Å²) in [5.41, 5.74) is 2.49. The lowest BCUT2D eigenvalue weighted by molar-refractivity contribution is -0.139. The number of esters is 1. The van der Waals surface area contributed by atoms with Crippen LogP contribution >= 0.6 is 23.1 Å². The first kappa shape index (κ1) is 25.0. The maximum atomic E-state index is 13.6. The number of nitrogens with zero attached hydrogens (tertiary/aromatic N) is 2. The molecule has 1 aromatic heterocycles. The van der Waals surface area contributed by atoms with Crippen molar-refractivity contribution in [1.82, 2.24) is 4.57 Å². The number of thioether (sulfide) groups is 1. The Morgan fingerprint density at radius 1 is 1.14 bits per heavy atom. The van der Waals surface area contributed by atoms with E-state index in [1.54, 1.807) is 30.2 Å². The number of fused-ring (bicyclic) bond motifs is 1. The molecule has 0 N–H and O–H groups in total. The van der Waals surface area contributed by atoms with Gasteiger partial charge in [0.15, 0.2) is 4.80 Å². The molecule has 0 bridgehead atoms. The maximum absolute atomic E-state index is 13.6. The van der Waals surface area contributed by atoms with Crippen LogP contribution in [0.15, 0.2) is 74.5 Å². The van der Waals surface area contributed by atoms with Gasteiger partial charge in [-0.05, 0) is 68.0 Å². The van der Waals surface area contributed by atoms with Crippen LogP contribution in [0.1, 0.15) is 44.4 Å². The van der Waals surface area contributed by atoms with Gasteiger partial charge >= 0.3 is 5.97 Å². The molecule has 8 heteroatoms. The third kappa shape index (κ3) is 5.28. The van der Waals surface area contributed by atoms with Crippen molar-refractivity contribution < 1.29 is 14.3 Å². The molecule has 6 nitrogen and oxygen atoms in total. The van der Waals surface area contributed by atoms with Gasteiger partial charge in [-0.3, -0.25) is 9.36 Å². The summed E-state index contributed by atoms with van der Waals surface area (Å²) >= 11 is 2.96. The zero-order valence-corrected chi connectivity index (χ0v) is 21.9. The van der Waals surface area contributed by atoms with Crippen molar-refractivity contribution >= 4 is 35.1 Å². The predicted molar refractivity (Wildman–Crippen MR) is 141 cm³/mol. The highest BCUT2D eigenvalue weighted by Crippen LogP contribution is 2.31. The average molecular weight is 509 g/mol. The third-order valence-corrected chi connectivity index (χ3v) is 7.33. The second kappa shape index (κ2) is 11.1. The van der Waals surface area contributed by atoms with Gasteiger partial charge in [0.05, 0.1) is 35.1 Å². The Balaban J connectivity index is 1.83. The molecule has 3 aromatic rings. The minimum Gasteiger partial charge on any atom is -0.494 e. The van der Waals surface area contributed by atoms with Crippen LogP contribution in [-0.4, -0.2) is 30.0 Å². The number of carbonyl (C=O) groups excluding carboxylic acids is 1. The van der Waals surface area contributed by atoms with Crippen LogP contribution in [0.3, 0.4) is 0 Å². The molecule has 35 heavy (non-hydrogen) atoms. The van der Waals surface area contributed by atoms with Gasteiger partial charge < -0.3 is 9.47 Å². The molecule has 1 aliphatic rings. The topological polar surface area (TPSA) is 69.9 Å². The lowest BCUT2D eigenvalue weighted by atomic mass is 9.96. The number of rotatable bonds is 8. The Morgan fingerprint density at radius 3 is 2.49 bits per heavy atom. The molecule has 1 unspecified atom stereocenters. The fourth-order valence-electron chi connectivity index (χ4n) is 3.92. The van der Waals surface area contributed by atoms with Crippen LogP contribution < -0.4 is 19.6 Å². The molecular weight excluding hydrogens is 480 g/mol. The van der Waals surface area contributed by atoms with Gasteiger partial charge in [-0.25, -0.2) is 9.79 Å². The van der Waals surface area contributed by atoms with Gasteiger partial charge in [0.25, 0.3) is 5.56 Å². The van der Waals surface area contributed by atoms with E-state index in [1.165, 1.54) is 11.3 Å². The molecule has 0 saturated heterocycles. The standard InChI is InChI=1S/C27H28N2O4S2/c1-5-15-33-20-11-7-18(8-12-20)16-22-25(30)29-24(19-9-13-21(34-4)14-10-19)23(26(31)32-6-2)17(3)28-27(29)35-22/h7-14,16,24H,5-6,15H2,1-4H3/b22-16-. The van der Waals surface area contributed by atoms with Gasteiger partial charge in [-0.2, -0.15) is 0 Å². The summed E-state index contributed by atoms with van der Waals surface area (Å²) in [6.45, 7) is 6.53. The van der Waals surface area contributed by atoms with E-state index >= 15 is 0 Å². The van der Waals surface area contributed by atoms with Crippen molar-refractivity contribution in [2.75, 3.05) is 19.5 Å². The summed E-state index contributed by atoms with van der Waals surface area (Å²) in [6, 6.07) is 15.0. The summed E-state index contributed by atoms with van der Waals surface area (Å²) in [5.74, 6) is 0.346. The predicted octanol–water partition coefficient (Wildman–Crippen LogP) is 4.31. The summed E-state index contributed by atoms with van der Waals surface area (Å²) in [6.07, 6.45) is 4.80. The molecule has 2 aromatic carbocycles. The minimum atomic E-state index is -0.604. The van der Waals surface area contributed by atoms with Crippen molar-refractivity contribution in [2.45, 2.75) is 38.1 Å². The Morgan fingerprint density at radius 2 is 1.86 bits per heavy atom. The largest absolute Gasteiger partial charge is 0.494 e. The fourth-order valence-corrected chi connectivity index (χ4v) is 5.38. The van der Waals surface area contributed by atoms with Crippen LogP contribution in [0, 0.1) is 0 Å². The van der Waals surface area contributed by atoms with E-state index in [0.29, 0.717) is 27.2 Å². The molecule has 4 rings (SSSR count). The van der Waals surface area contributed by atoms with Crippen molar-refractivity contribution in [2.24, 2.45) is 4.99 Å². The monoisotopic (exact) mass is 508 g/mol. The number of carbonyl (C=O) groups is 1. The number of thiazole rings is 1. The van der Waals surface area contributed by atoms with Crippen molar-refractivity contribution in [3.05, 3.63) is 90.6 Å². The minimum absolute atomic E-state index is 0.187. The summed E-state index contributed by atoms with van der Waals surface area (Å²) in [5, 5.41) is 0. The molecule has 0 radical (unpaired) electrons. The van der Waals surface area contributed by atoms with Gasteiger partial charge in [0.1, 0.15) is 5.75 Å². The van der Waals surface area contributed by atoms with E-state index in [4.69, 9.17) is 9.47 Å². The molecule has 1 atom stereocenters. The first-order valence-corrected chi connectivity index (χ1v) is 13.6. The number of hydrogen-bond acceptors (Lipinski definition) is 7. The van der Waals surface area contributed by atoms with E-state index < -0.39 is 12.0 Å². The molecule has 1 aliphatic heterocycles. The number of benzene rings is 2. The first-order valence-electron chi connectivity index (χ1n) is 11.5. The Bertz CT molecular complexity index is 1420. The highest BCUT2D eigenvalue weighted by Gasteiger charge is 2.33. The normalized spacial score (nSPS) is 15.5. The van der Waals surface area contributed by atoms with Gasteiger partial charge in [0.2, 0.25) is 0 Å². The van der Waals surface area contributed by atoms with Crippen molar-refractivity contribution in [3.8, 4) is 5.75 Å². The number of aromatic nitrogens is 1. The van der Waals surface area contributed by atoms with E-state index in [1.807, 2.05) is 60.9 Å². The number of ether oxygens (including phenoxy) is 2. The molecule has 0 aliphatic carbocycles. The fraction of sp³-hybridized carbons (Fsp3) is 0.296. The van der Waals surface area contributed by atoms with Crippen molar-refractivity contribution in [1.29, 1.82) is 0 Å². The Hall–Kier alpha value is -3.10. The lowest BCUT2D eigenvalue weighted by Crippen LogP contribution is -2.39. The van der Waals surface area contributed by atoms with Gasteiger partial charge in [-0.1, -0.05) is 42.5 Å². The van der Waals surface area contributed by atoms with E-state index in [9.17, 15) is 9.59 Å². The average Bonchev–Trinajstić information content (AvgIpc) is 3.17. The van der Waals surface area contributed by atoms with Crippen LogP contribution in [-0.2, 0) is 9.53 Å². The molecule has 182 valence electrons. The van der Waals surface area contributed by atoms with E-state index in [0.717, 1.165) is 28.2 Å². The second-order valence-corrected chi connectivity index (χ2v) is 9.88. The van der Waals surface area contributed by atoms with Gasteiger partial charge in [0, 0.05) is 4.90 Å². The molecule has 0 saturated carbocycles. The molecule has 0 amide bonds. The first-order chi connectivity index (χ1) is 17.0. The molecule has 0 fully saturated rings. The Labute approximate surface area is 212 Å². The second-order valence-electron chi connectivity index (χ2n) is 7.99. The molecule has 2 heterocycles. The number of hydrogen-bond donors (Lipinski definition) is 0. The van der Waals surface area contributed by atoms with Crippen molar-refractivity contribution in [3.63, 3.8) is 0 Å². The van der Waals surface area contributed by atoms with Crippen LogP contribution in [0.4, 0.5) is 0 Å². The zero-order valence-electron chi connectivity index (χ0n) is 20.2.